The molecule has 0 aliphatic rings. The van der Waals surface area contributed by atoms with Crippen LogP contribution in [0.3, 0.4) is 0 Å². The number of hydrogen-bond acceptors (Lipinski definition) is 4. The lowest BCUT2D eigenvalue weighted by Gasteiger charge is -2.10. The van der Waals surface area contributed by atoms with Crippen LogP contribution in [0.15, 0.2) is 16.3 Å². The molecule has 0 saturated heterocycles. The number of allylic oxidation sites excluding steroid dienone is 1. The second-order valence-corrected chi connectivity index (χ2v) is 3.13. The van der Waals surface area contributed by atoms with Crippen molar-refractivity contribution in [2.24, 2.45) is 10.7 Å². The maximum atomic E-state index is 12.3. The zero-order valence-corrected chi connectivity index (χ0v) is 9.60. The number of ether oxygens (including phenoxy) is 1. The van der Waals surface area contributed by atoms with Crippen molar-refractivity contribution in [2.75, 3.05) is 13.2 Å². The molecule has 110 valence electrons. The molecule has 0 radical (unpaired) electrons. The zero-order chi connectivity index (χ0) is 15.3. The van der Waals surface area contributed by atoms with Gasteiger partial charge in [0.25, 0.3) is 0 Å². The van der Waals surface area contributed by atoms with Crippen LogP contribution in [0.1, 0.15) is 6.92 Å². The Hall–Kier alpha value is -1.74. The summed E-state index contributed by atoms with van der Waals surface area (Å²) >= 11 is 0. The van der Waals surface area contributed by atoms with Crippen molar-refractivity contribution < 1.29 is 35.9 Å². The average Bonchev–Trinajstić information content (AvgIpc) is 2.21. The highest BCUT2D eigenvalue weighted by Gasteiger charge is 2.36. The Labute approximate surface area is 103 Å². The Morgan fingerprint density at radius 3 is 2.16 bits per heavy atom. The van der Waals surface area contributed by atoms with Gasteiger partial charge in [0.2, 0.25) is 0 Å². The van der Waals surface area contributed by atoms with E-state index in [1.165, 1.54) is 6.92 Å². The lowest BCUT2D eigenvalue weighted by molar-refractivity contribution is -0.139. The van der Waals surface area contributed by atoms with Crippen molar-refractivity contribution in [1.29, 1.82) is 0 Å². The normalized spacial score (nSPS) is 14.5. The zero-order valence-electron chi connectivity index (χ0n) is 9.60. The van der Waals surface area contributed by atoms with Gasteiger partial charge < -0.3 is 10.5 Å². The van der Waals surface area contributed by atoms with E-state index >= 15 is 0 Å². The molecule has 0 bridgehead atoms. The first kappa shape index (κ1) is 17.3. The van der Waals surface area contributed by atoms with E-state index in [1.54, 1.807) is 0 Å². The summed E-state index contributed by atoms with van der Waals surface area (Å²) in [6.07, 6.45) is -9.68. The monoisotopic (exact) mass is 292 g/mol. The van der Waals surface area contributed by atoms with Crippen molar-refractivity contribution in [3.8, 4) is 0 Å². The van der Waals surface area contributed by atoms with Gasteiger partial charge in [-0.25, -0.2) is 4.79 Å². The molecule has 4 nitrogen and oxygen atoms in total. The standard InChI is InChI=1S/C9H10F6N2O2/c1-2-19-7(18)5(6(16)9(13,14)15)3-17-4-8(10,11)12/h3H,2,4,16H2,1H3/b6-5+,17-3?. The molecule has 2 N–H and O–H groups in total. The molecule has 0 aromatic rings. The minimum Gasteiger partial charge on any atom is -0.462 e. The van der Waals surface area contributed by atoms with Crippen LogP contribution in [0.2, 0.25) is 0 Å². The first-order valence-electron chi connectivity index (χ1n) is 4.79. The molecule has 0 saturated carbocycles. The van der Waals surface area contributed by atoms with Crippen LogP contribution in [-0.2, 0) is 9.53 Å². The summed E-state index contributed by atoms with van der Waals surface area (Å²) in [6.45, 7) is -0.687. The molecule has 0 amide bonds. The molecule has 0 atom stereocenters. The van der Waals surface area contributed by atoms with Gasteiger partial charge in [0.05, 0.1) is 6.61 Å². The van der Waals surface area contributed by atoms with Crippen LogP contribution >= 0.6 is 0 Å². The molecule has 0 rings (SSSR count). The van der Waals surface area contributed by atoms with Crippen LogP contribution in [0.25, 0.3) is 0 Å². The molecule has 0 aromatic carbocycles. The molecule has 0 aliphatic carbocycles. The topological polar surface area (TPSA) is 64.7 Å². The smallest absolute Gasteiger partial charge is 0.431 e. The summed E-state index contributed by atoms with van der Waals surface area (Å²) in [4.78, 5) is 13.8. The number of alkyl halides is 6. The first-order valence-corrected chi connectivity index (χ1v) is 4.79. The number of aliphatic imine (C=N–C) groups is 1. The third-order valence-electron chi connectivity index (χ3n) is 1.58. The predicted molar refractivity (Wildman–Crippen MR) is 53.3 cm³/mol. The summed E-state index contributed by atoms with van der Waals surface area (Å²) < 4.78 is 76.5. The molecule has 10 heteroatoms. The van der Waals surface area contributed by atoms with Crippen LogP contribution in [-0.4, -0.2) is 37.7 Å². The van der Waals surface area contributed by atoms with Gasteiger partial charge in [-0.15, -0.1) is 0 Å². The SMILES string of the molecule is CCOC(=O)/C(C=NCC(F)(F)F)=C(/N)C(F)(F)F. The average molecular weight is 292 g/mol. The molecular weight excluding hydrogens is 282 g/mol. The number of carbonyl (C=O) groups excluding carboxylic acids is 1. The second-order valence-electron chi connectivity index (χ2n) is 3.13. The van der Waals surface area contributed by atoms with E-state index in [9.17, 15) is 31.1 Å². The molecule has 0 aliphatic heterocycles. The Kier molecular flexibility index (Phi) is 5.84. The van der Waals surface area contributed by atoms with E-state index < -0.39 is 36.1 Å². The number of halogens is 6. The maximum absolute atomic E-state index is 12.3. The number of hydrogen-bond donors (Lipinski definition) is 1. The van der Waals surface area contributed by atoms with Gasteiger partial charge in [-0.2, -0.15) is 26.3 Å². The van der Waals surface area contributed by atoms with E-state index in [0.29, 0.717) is 0 Å². The summed E-state index contributed by atoms with van der Waals surface area (Å²) in [5.74, 6) is -1.50. The summed E-state index contributed by atoms with van der Waals surface area (Å²) in [5.41, 5.74) is 1.53. The van der Waals surface area contributed by atoms with Crippen molar-refractivity contribution in [1.82, 2.24) is 0 Å². The lowest BCUT2D eigenvalue weighted by atomic mass is 10.2. The molecule has 0 heterocycles. The van der Waals surface area contributed by atoms with Gasteiger partial charge in [0, 0.05) is 6.21 Å². The Morgan fingerprint density at radius 1 is 1.26 bits per heavy atom. The van der Waals surface area contributed by atoms with E-state index in [0.717, 1.165) is 0 Å². The number of esters is 1. The van der Waals surface area contributed by atoms with E-state index in [4.69, 9.17) is 0 Å². The van der Waals surface area contributed by atoms with Gasteiger partial charge >= 0.3 is 18.3 Å². The van der Waals surface area contributed by atoms with Crippen molar-refractivity contribution >= 4 is 12.2 Å². The van der Waals surface area contributed by atoms with Gasteiger partial charge in [0.15, 0.2) is 0 Å². The fourth-order valence-electron chi connectivity index (χ4n) is 0.834. The summed E-state index contributed by atoms with van der Waals surface area (Å²) in [5, 5.41) is 0. The number of carbonyl (C=O) groups is 1. The maximum Gasteiger partial charge on any atom is 0.431 e. The third-order valence-corrected chi connectivity index (χ3v) is 1.58. The number of rotatable bonds is 4. The summed E-state index contributed by atoms with van der Waals surface area (Å²) in [7, 11) is 0. The van der Waals surface area contributed by atoms with E-state index in [2.05, 4.69) is 15.5 Å². The highest BCUT2D eigenvalue weighted by molar-refractivity contribution is 6.10. The first-order chi connectivity index (χ1) is 8.49. The van der Waals surface area contributed by atoms with Gasteiger partial charge in [-0.3, -0.25) is 4.99 Å². The van der Waals surface area contributed by atoms with Crippen LogP contribution < -0.4 is 5.73 Å². The predicted octanol–water partition coefficient (Wildman–Crippen LogP) is 1.96. The lowest BCUT2D eigenvalue weighted by Crippen LogP contribution is -2.26. The van der Waals surface area contributed by atoms with Gasteiger partial charge in [0.1, 0.15) is 17.8 Å². The Bertz CT molecular complexity index is 383. The van der Waals surface area contributed by atoms with Gasteiger partial charge in [-0.05, 0) is 6.92 Å². The van der Waals surface area contributed by atoms with Crippen molar-refractivity contribution in [3.63, 3.8) is 0 Å². The fraction of sp³-hybridized carbons (Fsp3) is 0.556. The molecular formula is C9H10F6N2O2. The summed E-state index contributed by atoms with van der Waals surface area (Å²) in [6, 6.07) is 0. The largest absolute Gasteiger partial charge is 0.462 e. The second kappa shape index (κ2) is 6.43. The fourth-order valence-corrected chi connectivity index (χ4v) is 0.834. The highest BCUT2D eigenvalue weighted by Crippen LogP contribution is 2.24. The van der Waals surface area contributed by atoms with Crippen molar-refractivity contribution in [2.45, 2.75) is 19.3 Å². The van der Waals surface area contributed by atoms with Crippen LogP contribution in [0, 0.1) is 0 Å². The molecule has 19 heavy (non-hydrogen) atoms. The minimum atomic E-state index is -5.08. The van der Waals surface area contributed by atoms with Crippen molar-refractivity contribution in [3.05, 3.63) is 11.3 Å². The molecule has 0 unspecified atom stereocenters. The minimum absolute atomic E-state index is 0.105. The number of nitrogens with zero attached hydrogens (tertiary/aromatic N) is 1. The number of nitrogens with two attached hydrogens (primary N) is 1. The molecule has 0 spiro atoms. The molecule has 0 fully saturated rings. The Morgan fingerprint density at radius 2 is 1.79 bits per heavy atom. The van der Waals surface area contributed by atoms with E-state index in [-0.39, 0.29) is 12.8 Å². The van der Waals surface area contributed by atoms with Crippen LogP contribution in [0.4, 0.5) is 26.3 Å². The quantitative estimate of drug-likeness (QED) is 0.373. The van der Waals surface area contributed by atoms with Gasteiger partial charge in [-0.1, -0.05) is 0 Å². The molecule has 0 aromatic heterocycles. The van der Waals surface area contributed by atoms with E-state index in [1.807, 2.05) is 0 Å². The van der Waals surface area contributed by atoms with Crippen LogP contribution in [0.5, 0.6) is 0 Å². The Balaban J connectivity index is 5.27. The third kappa shape index (κ3) is 6.67. The highest BCUT2D eigenvalue weighted by atomic mass is 19.4.